The van der Waals surface area contributed by atoms with Crippen LogP contribution in [0, 0.1) is 0 Å². The number of nitrogens with zero attached hydrogens (tertiary/aromatic N) is 2. The van der Waals surface area contributed by atoms with E-state index in [2.05, 4.69) is 11.9 Å². The molecule has 5 nitrogen and oxygen atoms in total. The molecule has 0 aromatic heterocycles. The van der Waals surface area contributed by atoms with Gasteiger partial charge in [0.1, 0.15) is 0 Å². The van der Waals surface area contributed by atoms with E-state index in [4.69, 9.17) is 11.6 Å². The molecule has 1 aliphatic rings. The van der Waals surface area contributed by atoms with Crippen LogP contribution < -0.4 is 10.2 Å². The molecule has 146 valence electrons. The van der Waals surface area contributed by atoms with Crippen LogP contribution >= 0.6 is 11.6 Å². The highest BCUT2D eigenvalue weighted by Crippen LogP contribution is 2.24. The zero-order valence-corrected chi connectivity index (χ0v) is 16.5. The highest BCUT2D eigenvalue weighted by atomic mass is 35.5. The first kappa shape index (κ1) is 20.0. The first-order valence-corrected chi connectivity index (χ1v) is 9.77. The van der Waals surface area contributed by atoms with E-state index in [1.807, 2.05) is 35.2 Å². The van der Waals surface area contributed by atoms with Gasteiger partial charge in [0, 0.05) is 36.0 Å². The third-order valence-corrected chi connectivity index (χ3v) is 4.95. The van der Waals surface area contributed by atoms with Crippen molar-refractivity contribution in [2.24, 2.45) is 0 Å². The summed E-state index contributed by atoms with van der Waals surface area (Å²) in [6, 6.07) is 14.5. The second-order valence-electron chi connectivity index (χ2n) is 6.67. The Bertz CT molecular complexity index is 848. The molecule has 2 aromatic rings. The number of rotatable bonds is 7. The van der Waals surface area contributed by atoms with Crippen molar-refractivity contribution in [3.05, 3.63) is 71.8 Å². The van der Waals surface area contributed by atoms with Gasteiger partial charge in [-0.1, -0.05) is 35.9 Å². The van der Waals surface area contributed by atoms with E-state index in [0.717, 1.165) is 31.6 Å². The predicted octanol–water partition coefficient (Wildman–Crippen LogP) is 4.21. The van der Waals surface area contributed by atoms with E-state index >= 15 is 0 Å². The minimum absolute atomic E-state index is 0.0323. The zero-order valence-electron chi connectivity index (χ0n) is 15.7. The Labute approximate surface area is 170 Å². The number of amides is 2. The summed E-state index contributed by atoms with van der Waals surface area (Å²) >= 11 is 6.13. The summed E-state index contributed by atoms with van der Waals surface area (Å²) in [6.45, 7) is 5.71. The molecule has 0 atom stereocenters. The number of carbonyl (C=O) groups is 2. The lowest BCUT2D eigenvalue weighted by atomic mass is 10.1. The van der Waals surface area contributed by atoms with Crippen molar-refractivity contribution in [2.45, 2.75) is 12.8 Å². The van der Waals surface area contributed by atoms with E-state index < -0.39 is 0 Å². The SMILES string of the molecule is C=CCN(C(=O)CNc1cc(Cl)ccc1C(=O)N1CCCC1)c1ccccc1. The fraction of sp³-hybridized carbons (Fsp3) is 0.273. The van der Waals surface area contributed by atoms with Crippen molar-refractivity contribution < 1.29 is 9.59 Å². The standard InChI is InChI=1S/C22H24ClN3O2/c1-2-12-26(18-8-4-3-5-9-18)21(27)16-24-20-15-17(23)10-11-19(20)22(28)25-13-6-7-14-25/h2-5,8-11,15,24H,1,6-7,12-14,16H2. The Morgan fingerprint density at radius 3 is 2.54 bits per heavy atom. The Hall–Kier alpha value is -2.79. The molecule has 2 aromatic carbocycles. The second kappa shape index (κ2) is 9.42. The lowest BCUT2D eigenvalue weighted by Crippen LogP contribution is -2.36. The number of halogens is 1. The molecular formula is C22H24ClN3O2. The summed E-state index contributed by atoms with van der Waals surface area (Å²) in [5.74, 6) is -0.152. The van der Waals surface area contributed by atoms with Crippen LogP contribution in [-0.2, 0) is 4.79 Å². The molecule has 1 aliphatic heterocycles. The molecule has 0 radical (unpaired) electrons. The fourth-order valence-corrected chi connectivity index (χ4v) is 3.47. The number of hydrogen-bond donors (Lipinski definition) is 1. The highest BCUT2D eigenvalue weighted by Gasteiger charge is 2.23. The van der Waals surface area contributed by atoms with Gasteiger partial charge in [0.2, 0.25) is 5.91 Å². The molecule has 0 unspecified atom stereocenters. The molecule has 3 rings (SSSR count). The molecule has 0 saturated carbocycles. The molecule has 1 fully saturated rings. The molecular weight excluding hydrogens is 374 g/mol. The van der Waals surface area contributed by atoms with Gasteiger partial charge in [-0.3, -0.25) is 9.59 Å². The topological polar surface area (TPSA) is 52.7 Å². The van der Waals surface area contributed by atoms with Gasteiger partial charge >= 0.3 is 0 Å². The number of carbonyl (C=O) groups excluding carboxylic acids is 2. The summed E-state index contributed by atoms with van der Waals surface area (Å²) in [4.78, 5) is 29.1. The van der Waals surface area contributed by atoms with Crippen LogP contribution in [0.1, 0.15) is 23.2 Å². The molecule has 1 N–H and O–H groups in total. The van der Waals surface area contributed by atoms with Gasteiger partial charge in [-0.15, -0.1) is 6.58 Å². The van der Waals surface area contributed by atoms with Gasteiger partial charge in [-0.25, -0.2) is 0 Å². The van der Waals surface area contributed by atoms with Gasteiger partial charge < -0.3 is 15.1 Å². The maximum Gasteiger partial charge on any atom is 0.255 e. The van der Waals surface area contributed by atoms with Crippen molar-refractivity contribution in [2.75, 3.05) is 36.4 Å². The van der Waals surface area contributed by atoms with Crippen LogP contribution in [0.25, 0.3) is 0 Å². The van der Waals surface area contributed by atoms with Crippen LogP contribution in [0.5, 0.6) is 0 Å². The molecule has 28 heavy (non-hydrogen) atoms. The molecule has 2 amide bonds. The Balaban J connectivity index is 1.75. The summed E-state index contributed by atoms with van der Waals surface area (Å²) < 4.78 is 0. The second-order valence-corrected chi connectivity index (χ2v) is 7.11. The summed E-state index contributed by atoms with van der Waals surface area (Å²) in [5, 5.41) is 3.62. The van der Waals surface area contributed by atoms with Crippen LogP contribution in [0.15, 0.2) is 61.2 Å². The van der Waals surface area contributed by atoms with Crippen LogP contribution in [-0.4, -0.2) is 42.9 Å². The van der Waals surface area contributed by atoms with Crippen LogP contribution in [0.3, 0.4) is 0 Å². The van der Waals surface area contributed by atoms with Gasteiger partial charge in [0.05, 0.1) is 12.1 Å². The average Bonchev–Trinajstić information content (AvgIpc) is 3.25. The predicted molar refractivity (Wildman–Crippen MR) is 114 cm³/mol. The molecule has 0 spiro atoms. The third-order valence-electron chi connectivity index (χ3n) is 4.72. The molecule has 6 heteroatoms. The largest absolute Gasteiger partial charge is 0.375 e. The zero-order chi connectivity index (χ0) is 19.9. The Kier molecular flexibility index (Phi) is 6.71. The van der Waals surface area contributed by atoms with E-state index in [9.17, 15) is 9.59 Å². The van der Waals surface area contributed by atoms with Crippen molar-refractivity contribution >= 4 is 34.8 Å². The van der Waals surface area contributed by atoms with E-state index in [1.165, 1.54) is 0 Å². The Morgan fingerprint density at radius 1 is 1.14 bits per heavy atom. The highest BCUT2D eigenvalue weighted by molar-refractivity contribution is 6.31. The maximum absolute atomic E-state index is 12.8. The fourth-order valence-electron chi connectivity index (χ4n) is 3.29. The number of anilines is 2. The molecule has 0 bridgehead atoms. The molecule has 1 heterocycles. The maximum atomic E-state index is 12.8. The normalized spacial score (nSPS) is 13.2. The van der Waals surface area contributed by atoms with Crippen molar-refractivity contribution in [3.63, 3.8) is 0 Å². The van der Waals surface area contributed by atoms with Crippen molar-refractivity contribution in [1.29, 1.82) is 0 Å². The molecule has 1 saturated heterocycles. The smallest absolute Gasteiger partial charge is 0.255 e. The van der Waals surface area contributed by atoms with Gasteiger partial charge in [0.25, 0.3) is 5.91 Å². The first-order chi connectivity index (χ1) is 13.6. The third kappa shape index (κ3) is 4.73. The van der Waals surface area contributed by atoms with E-state index in [1.54, 1.807) is 29.2 Å². The number of nitrogens with one attached hydrogen (secondary N) is 1. The lowest BCUT2D eigenvalue weighted by molar-refractivity contribution is -0.116. The van der Waals surface area contributed by atoms with Gasteiger partial charge in [-0.05, 0) is 43.2 Å². The quantitative estimate of drug-likeness (QED) is 0.712. The monoisotopic (exact) mass is 397 g/mol. The first-order valence-electron chi connectivity index (χ1n) is 9.39. The number of hydrogen-bond acceptors (Lipinski definition) is 3. The minimum Gasteiger partial charge on any atom is -0.375 e. The van der Waals surface area contributed by atoms with Crippen LogP contribution in [0.4, 0.5) is 11.4 Å². The van der Waals surface area contributed by atoms with Crippen molar-refractivity contribution in [3.8, 4) is 0 Å². The summed E-state index contributed by atoms with van der Waals surface area (Å²) in [5.41, 5.74) is 1.91. The summed E-state index contributed by atoms with van der Waals surface area (Å²) in [7, 11) is 0. The minimum atomic E-state index is -0.120. The van der Waals surface area contributed by atoms with E-state index in [0.29, 0.717) is 22.8 Å². The van der Waals surface area contributed by atoms with Crippen LogP contribution in [0.2, 0.25) is 5.02 Å². The van der Waals surface area contributed by atoms with Crippen molar-refractivity contribution in [1.82, 2.24) is 4.90 Å². The lowest BCUT2D eigenvalue weighted by Gasteiger charge is -2.23. The Morgan fingerprint density at radius 2 is 1.86 bits per heavy atom. The number of para-hydroxylation sites is 1. The number of benzene rings is 2. The number of likely N-dealkylation sites (tertiary alicyclic amines) is 1. The summed E-state index contributed by atoms with van der Waals surface area (Å²) in [6.07, 6.45) is 3.73. The van der Waals surface area contributed by atoms with Gasteiger partial charge in [-0.2, -0.15) is 0 Å². The van der Waals surface area contributed by atoms with E-state index in [-0.39, 0.29) is 18.4 Å². The molecule has 0 aliphatic carbocycles. The average molecular weight is 398 g/mol. The van der Waals surface area contributed by atoms with Gasteiger partial charge in [0.15, 0.2) is 0 Å².